The van der Waals surface area contributed by atoms with E-state index in [2.05, 4.69) is 10.2 Å². The zero-order chi connectivity index (χ0) is 22.6. The number of nitrogens with two attached hydrogens (primary N) is 1. The van der Waals surface area contributed by atoms with Crippen LogP contribution in [0.5, 0.6) is 0 Å². The van der Waals surface area contributed by atoms with Crippen LogP contribution in [0.15, 0.2) is 28.0 Å². The number of aromatic nitrogens is 3. The summed E-state index contributed by atoms with van der Waals surface area (Å²) < 4.78 is 30.9. The van der Waals surface area contributed by atoms with Crippen molar-refractivity contribution >= 4 is 33.4 Å². The van der Waals surface area contributed by atoms with Crippen molar-refractivity contribution in [1.82, 2.24) is 19.7 Å². The fourth-order valence-corrected chi connectivity index (χ4v) is 6.27. The van der Waals surface area contributed by atoms with E-state index in [1.807, 2.05) is 17.6 Å². The summed E-state index contributed by atoms with van der Waals surface area (Å²) in [7, 11) is -3.09. The van der Waals surface area contributed by atoms with E-state index in [0.29, 0.717) is 42.7 Å². The minimum Gasteiger partial charge on any atom is -0.467 e. The summed E-state index contributed by atoms with van der Waals surface area (Å²) in [5.41, 5.74) is 5.27. The minimum absolute atomic E-state index is 0.00983. The van der Waals surface area contributed by atoms with Crippen molar-refractivity contribution in [2.24, 2.45) is 5.73 Å². The molecule has 2 aromatic rings. The Bertz CT molecular complexity index is 1020. The van der Waals surface area contributed by atoms with Gasteiger partial charge >= 0.3 is 0 Å². The zero-order valence-electron chi connectivity index (χ0n) is 17.6. The number of hydrogen-bond donors (Lipinski definition) is 1. The van der Waals surface area contributed by atoms with Gasteiger partial charge in [0.1, 0.15) is 11.6 Å². The van der Waals surface area contributed by atoms with Crippen LogP contribution < -0.4 is 5.73 Å². The van der Waals surface area contributed by atoms with Gasteiger partial charge in [-0.3, -0.25) is 14.2 Å². The van der Waals surface area contributed by atoms with Gasteiger partial charge in [0.25, 0.3) is 0 Å². The molecule has 0 aromatic carbocycles. The molecule has 2 atom stereocenters. The monoisotopic (exact) mass is 469 g/mol. The maximum atomic E-state index is 13.1. The van der Waals surface area contributed by atoms with Crippen molar-refractivity contribution in [1.29, 1.82) is 0 Å². The van der Waals surface area contributed by atoms with Crippen LogP contribution in [-0.2, 0) is 32.4 Å². The fraction of sp³-hybridized carbons (Fsp3) is 0.579. The van der Waals surface area contributed by atoms with E-state index >= 15 is 0 Å². The summed E-state index contributed by atoms with van der Waals surface area (Å²) >= 11 is 1.25. The van der Waals surface area contributed by atoms with Crippen molar-refractivity contribution in [3.05, 3.63) is 30.0 Å². The molecule has 2 N–H and O–H groups in total. The Hall–Kier alpha value is -2.34. The van der Waals surface area contributed by atoms with Gasteiger partial charge in [0.2, 0.25) is 11.8 Å². The molecule has 0 unspecified atom stereocenters. The van der Waals surface area contributed by atoms with Gasteiger partial charge in [-0.25, -0.2) is 8.42 Å². The van der Waals surface area contributed by atoms with Crippen LogP contribution in [0.2, 0.25) is 0 Å². The molecule has 0 bridgehead atoms. The third-order valence-corrected chi connectivity index (χ3v) is 8.00. The van der Waals surface area contributed by atoms with Crippen molar-refractivity contribution in [2.75, 3.05) is 18.1 Å². The molecular formula is C19H27N5O5S2. The summed E-state index contributed by atoms with van der Waals surface area (Å²) in [6.07, 6.45) is 2.49. The number of nitrogens with zero attached hydrogens (tertiary/aromatic N) is 4. The van der Waals surface area contributed by atoms with Crippen molar-refractivity contribution in [2.45, 2.75) is 56.1 Å². The highest BCUT2D eigenvalue weighted by atomic mass is 32.2. The lowest BCUT2D eigenvalue weighted by Gasteiger charge is -2.29. The molecule has 0 aliphatic carbocycles. The predicted molar refractivity (Wildman–Crippen MR) is 115 cm³/mol. The van der Waals surface area contributed by atoms with Crippen LogP contribution in [0.25, 0.3) is 0 Å². The Balaban J connectivity index is 1.76. The smallest absolute Gasteiger partial charge is 0.236 e. The first-order chi connectivity index (χ1) is 14.7. The quantitative estimate of drug-likeness (QED) is 0.505. The van der Waals surface area contributed by atoms with Gasteiger partial charge in [-0.1, -0.05) is 11.8 Å². The van der Waals surface area contributed by atoms with E-state index in [9.17, 15) is 18.0 Å². The van der Waals surface area contributed by atoms with Gasteiger partial charge in [-0.2, -0.15) is 0 Å². The van der Waals surface area contributed by atoms with Gasteiger partial charge in [0.05, 0.1) is 29.6 Å². The Labute approximate surface area is 185 Å². The Morgan fingerprint density at radius 3 is 2.77 bits per heavy atom. The first-order valence-electron chi connectivity index (χ1n) is 10.1. The minimum atomic E-state index is -3.09. The highest BCUT2D eigenvalue weighted by Crippen LogP contribution is 2.27. The SMILES string of the molecule is CCN(C(=O)[C@H](C)Sc1nnc(CCC(N)=O)n1Cc1ccco1)[C@@H]1CCS(=O)(=O)C1. The number of hydrogen-bond acceptors (Lipinski definition) is 8. The lowest BCUT2D eigenvalue weighted by Crippen LogP contribution is -2.44. The molecule has 0 saturated carbocycles. The summed E-state index contributed by atoms with van der Waals surface area (Å²) in [6.45, 7) is 4.41. The molecule has 31 heavy (non-hydrogen) atoms. The van der Waals surface area contributed by atoms with Crippen LogP contribution in [0.4, 0.5) is 0 Å². The van der Waals surface area contributed by atoms with Crippen LogP contribution in [0.1, 0.15) is 38.3 Å². The van der Waals surface area contributed by atoms with Crippen molar-refractivity contribution < 1.29 is 22.4 Å². The van der Waals surface area contributed by atoms with E-state index in [1.165, 1.54) is 11.8 Å². The molecule has 2 amide bonds. The van der Waals surface area contributed by atoms with E-state index in [0.717, 1.165) is 0 Å². The first-order valence-corrected chi connectivity index (χ1v) is 12.8. The van der Waals surface area contributed by atoms with Gasteiger partial charge in [0, 0.05) is 25.4 Å². The first kappa shape index (κ1) is 23.3. The van der Waals surface area contributed by atoms with Gasteiger partial charge in [-0.05, 0) is 32.4 Å². The molecule has 2 aromatic heterocycles. The molecule has 1 aliphatic heterocycles. The summed E-state index contributed by atoms with van der Waals surface area (Å²) in [5.74, 6) is 0.815. The van der Waals surface area contributed by atoms with Crippen LogP contribution >= 0.6 is 11.8 Å². The number of carbonyl (C=O) groups is 2. The summed E-state index contributed by atoms with van der Waals surface area (Å²) in [6, 6.07) is 3.30. The normalized spacial score (nSPS) is 18.7. The molecule has 0 radical (unpaired) electrons. The topological polar surface area (TPSA) is 141 Å². The Kier molecular flexibility index (Phi) is 7.42. The van der Waals surface area contributed by atoms with Crippen molar-refractivity contribution in [3.8, 4) is 0 Å². The molecule has 1 fully saturated rings. The number of rotatable bonds is 10. The molecule has 10 nitrogen and oxygen atoms in total. The van der Waals surface area contributed by atoms with Gasteiger partial charge in [0.15, 0.2) is 15.0 Å². The Morgan fingerprint density at radius 1 is 1.42 bits per heavy atom. The molecule has 12 heteroatoms. The lowest BCUT2D eigenvalue weighted by molar-refractivity contribution is -0.131. The maximum absolute atomic E-state index is 13.1. The molecule has 1 saturated heterocycles. The van der Waals surface area contributed by atoms with Crippen LogP contribution in [0.3, 0.4) is 0 Å². The van der Waals surface area contributed by atoms with Gasteiger partial charge < -0.3 is 15.1 Å². The van der Waals surface area contributed by atoms with Crippen LogP contribution in [0, 0.1) is 0 Å². The molecule has 1 aliphatic rings. The molecule has 3 heterocycles. The van der Waals surface area contributed by atoms with E-state index in [-0.39, 0.29) is 29.9 Å². The average Bonchev–Trinajstić information content (AvgIpc) is 3.43. The van der Waals surface area contributed by atoms with E-state index < -0.39 is 21.0 Å². The third-order valence-electron chi connectivity index (χ3n) is 5.19. The lowest BCUT2D eigenvalue weighted by atomic mass is 10.2. The Morgan fingerprint density at radius 2 is 2.19 bits per heavy atom. The average molecular weight is 470 g/mol. The third kappa shape index (κ3) is 5.88. The second-order valence-corrected chi connectivity index (χ2v) is 11.0. The number of primary amides is 1. The number of sulfone groups is 1. The molecule has 0 spiro atoms. The second kappa shape index (κ2) is 9.86. The predicted octanol–water partition coefficient (Wildman–Crippen LogP) is 0.854. The standard InChI is InChI=1S/C19H27N5O5S2/c1-3-23(14-8-10-31(27,28)12-14)18(26)13(2)30-19-22-21-17(7-6-16(20)25)24(19)11-15-5-4-9-29-15/h4-5,9,13-14H,3,6-8,10-12H2,1-2H3,(H2,20,25)/t13-,14+/m0/s1. The molecular weight excluding hydrogens is 442 g/mol. The number of furan rings is 1. The highest BCUT2D eigenvalue weighted by molar-refractivity contribution is 8.00. The summed E-state index contributed by atoms with van der Waals surface area (Å²) in [4.78, 5) is 25.9. The van der Waals surface area contributed by atoms with Crippen LogP contribution in [-0.4, -0.2) is 69.2 Å². The highest BCUT2D eigenvalue weighted by Gasteiger charge is 2.36. The van der Waals surface area contributed by atoms with E-state index in [4.69, 9.17) is 10.2 Å². The number of aryl methyl sites for hydroxylation is 1. The number of carbonyl (C=O) groups excluding carboxylic acids is 2. The fourth-order valence-electron chi connectivity index (χ4n) is 3.60. The molecule has 170 valence electrons. The summed E-state index contributed by atoms with van der Waals surface area (Å²) in [5, 5.41) is 8.43. The second-order valence-electron chi connectivity index (χ2n) is 7.47. The van der Waals surface area contributed by atoms with Crippen molar-refractivity contribution in [3.63, 3.8) is 0 Å². The maximum Gasteiger partial charge on any atom is 0.236 e. The van der Waals surface area contributed by atoms with E-state index in [1.54, 1.807) is 24.2 Å². The largest absolute Gasteiger partial charge is 0.467 e. The number of amides is 2. The van der Waals surface area contributed by atoms with Gasteiger partial charge in [-0.15, -0.1) is 10.2 Å². The molecule has 3 rings (SSSR count). The zero-order valence-corrected chi connectivity index (χ0v) is 19.2. The number of thioether (sulfide) groups is 1.